The molecule has 38 heavy (non-hydrogen) atoms. The molecule has 212 valence electrons. The number of benzene rings is 1. The van der Waals surface area contributed by atoms with Crippen LogP contribution in [-0.2, 0) is 47.7 Å². The van der Waals surface area contributed by atoms with Gasteiger partial charge in [-0.05, 0) is 18.1 Å². The molecule has 0 bridgehead atoms. The lowest BCUT2D eigenvalue weighted by Crippen LogP contribution is -2.43. The number of nitrogens with one attached hydrogen (secondary N) is 1. The van der Waals surface area contributed by atoms with Gasteiger partial charge in [0.2, 0.25) is 0 Å². The van der Waals surface area contributed by atoms with Gasteiger partial charge in [0.1, 0.15) is 18.2 Å². The standard InChI is InChI=1S/C19H27N2O14P3/c1-12-5-3-4-6-14(12)9-31-10-15-8-21(13(2)20-19(15)23)18-7-16(22)17(33-18)11-32-37(27,28)35-38(29,30)34-36(24,25)26/h3-6,8,16-18,22H,2,7,9-11H2,1H3,(H,20,23)(H,27,28)(H,29,30)(H2,24,25,26)/t16-,17-,18-/m1/s1. The van der Waals surface area contributed by atoms with Crippen molar-refractivity contribution < 1.29 is 65.8 Å². The Morgan fingerprint density at radius 1 is 1.11 bits per heavy atom. The molecule has 16 nitrogen and oxygen atoms in total. The number of nitrogens with zero attached hydrogens (tertiary/aromatic N) is 1. The topological polar surface area (TPSA) is 231 Å². The first-order chi connectivity index (χ1) is 17.6. The monoisotopic (exact) mass is 600 g/mol. The molecule has 2 heterocycles. The van der Waals surface area contributed by atoms with Crippen molar-refractivity contribution in [2.24, 2.45) is 0 Å². The first-order valence-corrected chi connectivity index (χ1v) is 15.3. The Morgan fingerprint density at radius 2 is 1.79 bits per heavy atom. The second kappa shape index (κ2) is 12.2. The minimum atomic E-state index is -5.68. The van der Waals surface area contributed by atoms with E-state index in [-0.39, 0.29) is 31.0 Å². The van der Waals surface area contributed by atoms with Crippen LogP contribution in [0.25, 0.3) is 0 Å². The van der Waals surface area contributed by atoms with Crippen molar-refractivity contribution in [3.8, 4) is 0 Å². The summed E-state index contributed by atoms with van der Waals surface area (Å²) in [5.74, 6) is -0.317. The van der Waals surface area contributed by atoms with E-state index in [0.717, 1.165) is 11.1 Å². The van der Waals surface area contributed by atoms with Crippen molar-refractivity contribution >= 4 is 29.4 Å². The van der Waals surface area contributed by atoms with Crippen LogP contribution in [0, 0.1) is 6.92 Å². The second-order valence-electron chi connectivity index (χ2n) is 8.20. The van der Waals surface area contributed by atoms with Crippen LogP contribution in [-0.4, -0.2) is 67.1 Å². The summed E-state index contributed by atoms with van der Waals surface area (Å²) in [6.45, 7) is 5.06. The van der Waals surface area contributed by atoms with Gasteiger partial charge in [-0.3, -0.25) is 9.32 Å². The Balaban J connectivity index is 1.59. The molecule has 0 aromatic heterocycles. The maximum atomic E-state index is 12.4. The normalized spacial score (nSPS) is 25.5. The third-order valence-corrected chi connectivity index (χ3v) is 9.07. The number of ether oxygens (including phenoxy) is 2. The van der Waals surface area contributed by atoms with E-state index in [1.54, 1.807) is 0 Å². The van der Waals surface area contributed by atoms with Crippen molar-refractivity contribution in [1.29, 1.82) is 0 Å². The molecule has 0 spiro atoms. The predicted molar refractivity (Wildman–Crippen MR) is 127 cm³/mol. The van der Waals surface area contributed by atoms with Crippen LogP contribution in [0.1, 0.15) is 17.5 Å². The van der Waals surface area contributed by atoms with Gasteiger partial charge in [0.05, 0.1) is 31.5 Å². The molecule has 1 fully saturated rings. The number of aliphatic hydroxyl groups is 1. The molecule has 1 amide bonds. The van der Waals surface area contributed by atoms with Crippen LogP contribution >= 0.6 is 23.5 Å². The van der Waals surface area contributed by atoms with E-state index in [1.807, 2.05) is 31.2 Å². The van der Waals surface area contributed by atoms with Crippen LogP contribution in [0.5, 0.6) is 0 Å². The Kier molecular flexibility index (Phi) is 9.88. The maximum Gasteiger partial charge on any atom is 0.490 e. The molecule has 1 aromatic rings. The quantitative estimate of drug-likeness (QED) is 0.185. The second-order valence-corrected chi connectivity index (χ2v) is 12.6. The fraction of sp³-hybridized carbons (Fsp3) is 0.421. The van der Waals surface area contributed by atoms with Gasteiger partial charge in [-0.15, -0.1) is 0 Å². The lowest BCUT2D eigenvalue weighted by atomic mass is 10.1. The van der Waals surface area contributed by atoms with Gasteiger partial charge < -0.3 is 44.4 Å². The smallest absolute Gasteiger partial charge is 0.390 e. The molecule has 3 rings (SSSR count). The molecular weight excluding hydrogens is 573 g/mol. The molecule has 2 unspecified atom stereocenters. The highest BCUT2D eigenvalue weighted by atomic mass is 31.3. The van der Waals surface area contributed by atoms with Crippen LogP contribution in [0.15, 0.2) is 48.4 Å². The van der Waals surface area contributed by atoms with E-state index in [9.17, 15) is 33.4 Å². The molecule has 19 heteroatoms. The average molecular weight is 600 g/mol. The Bertz CT molecular complexity index is 1230. The number of aryl methyl sites for hydroxylation is 1. The summed E-state index contributed by atoms with van der Waals surface area (Å²) in [6, 6.07) is 7.59. The molecule has 1 aromatic carbocycles. The zero-order valence-electron chi connectivity index (χ0n) is 19.9. The van der Waals surface area contributed by atoms with Gasteiger partial charge in [0.15, 0.2) is 0 Å². The van der Waals surface area contributed by atoms with Gasteiger partial charge in [-0.25, -0.2) is 13.7 Å². The van der Waals surface area contributed by atoms with E-state index >= 15 is 0 Å². The fourth-order valence-corrected chi connectivity index (χ4v) is 6.52. The van der Waals surface area contributed by atoms with Crippen LogP contribution in [0.4, 0.5) is 0 Å². The average Bonchev–Trinajstić information content (AvgIpc) is 3.13. The summed E-state index contributed by atoms with van der Waals surface area (Å²) >= 11 is 0. The van der Waals surface area contributed by atoms with Gasteiger partial charge >= 0.3 is 23.5 Å². The molecule has 1 saturated heterocycles. The first-order valence-electron chi connectivity index (χ1n) is 10.8. The molecule has 0 aliphatic carbocycles. The molecule has 2 aliphatic heterocycles. The van der Waals surface area contributed by atoms with Crippen molar-refractivity contribution in [2.45, 2.75) is 38.4 Å². The van der Waals surface area contributed by atoms with E-state index in [4.69, 9.17) is 19.3 Å². The summed E-state index contributed by atoms with van der Waals surface area (Å²) in [7, 11) is -16.6. The molecule has 0 saturated carbocycles. The highest BCUT2D eigenvalue weighted by Gasteiger charge is 2.43. The van der Waals surface area contributed by atoms with E-state index < -0.39 is 54.4 Å². The molecule has 0 radical (unpaired) electrons. The van der Waals surface area contributed by atoms with E-state index in [2.05, 4.69) is 25.0 Å². The molecular formula is C19H27N2O14P3. The van der Waals surface area contributed by atoms with Crippen LogP contribution < -0.4 is 5.32 Å². The number of aliphatic hydroxyl groups excluding tert-OH is 1. The van der Waals surface area contributed by atoms with Gasteiger partial charge in [-0.2, -0.15) is 8.62 Å². The van der Waals surface area contributed by atoms with Gasteiger partial charge in [-0.1, -0.05) is 30.8 Å². The largest absolute Gasteiger partial charge is 0.490 e. The summed E-state index contributed by atoms with van der Waals surface area (Å²) in [5, 5.41) is 12.9. The maximum absolute atomic E-state index is 12.4. The van der Waals surface area contributed by atoms with Crippen molar-refractivity contribution in [2.75, 3.05) is 13.2 Å². The fourth-order valence-electron chi connectivity index (χ4n) is 3.49. The SMILES string of the molecule is C=C1NC(=O)C(COCc2ccccc2C)=CN1[C@H]1C[C@@H](O)[C@@H](COP(=O)(O)OP(=O)(O)OP(=O)(O)O)O1. The number of phosphoric acid groups is 3. The predicted octanol–water partition coefficient (Wildman–Crippen LogP) is 1.12. The van der Waals surface area contributed by atoms with Crippen LogP contribution in [0.2, 0.25) is 0 Å². The Morgan fingerprint density at radius 3 is 2.45 bits per heavy atom. The summed E-state index contributed by atoms with van der Waals surface area (Å²) < 4.78 is 57.2. The highest BCUT2D eigenvalue weighted by Crippen LogP contribution is 2.66. The third-order valence-electron chi connectivity index (χ3n) is 5.26. The summed E-state index contributed by atoms with van der Waals surface area (Å²) in [6.07, 6.45) is -2.04. The van der Waals surface area contributed by atoms with E-state index in [0.29, 0.717) is 0 Å². The Labute approximate surface area is 216 Å². The molecule has 2 aliphatic rings. The Hall–Kier alpha value is -1.74. The lowest BCUT2D eigenvalue weighted by molar-refractivity contribution is -0.119. The summed E-state index contributed by atoms with van der Waals surface area (Å²) in [4.78, 5) is 49.8. The minimum Gasteiger partial charge on any atom is -0.390 e. The number of amides is 1. The zero-order chi connectivity index (χ0) is 28.3. The third kappa shape index (κ3) is 8.90. The number of carbonyl (C=O) groups excluding carboxylic acids is 1. The molecule has 6 N–H and O–H groups in total. The highest BCUT2D eigenvalue weighted by molar-refractivity contribution is 7.66. The van der Waals surface area contributed by atoms with Gasteiger partial charge in [0.25, 0.3) is 5.91 Å². The molecule has 5 atom stereocenters. The number of hydrogen-bond acceptors (Lipinski definition) is 11. The van der Waals surface area contributed by atoms with E-state index in [1.165, 1.54) is 11.1 Å². The van der Waals surface area contributed by atoms with Crippen molar-refractivity contribution in [3.05, 3.63) is 59.6 Å². The summed E-state index contributed by atoms with van der Waals surface area (Å²) in [5.41, 5.74) is 2.22. The number of hydrogen-bond donors (Lipinski definition) is 6. The zero-order valence-corrected chi connectivity index (χ0v) is 22.5. The lowest BCUT2D eigenvalue weighted by Gasteiger charge is -2.33. The van der Waals surface area contributed by atoms with Crippen molar-refractivity contribution in [3.63, 3.8) is 0 Å². The van der Waals surface area contributed by atoms with Crippen LogP contribution in [0.3, 0.4) is 0 Å². The number of rotatable bonds is 12. The first kappa shape index (κ1) is 30.8. The number of phosphoric ester groups is 1. The minimum absolute atomic E-state index is 0.0469. The van der Waals surface area contributed by atoms with Gasteiger partial charge in [0, 0.05) is 12.6 Å². The number of carbonyl (C=O) groups is 1. The van der Waals surface area contributed by atoms with Crippen molar-refractivity contribution in [1.82, 2.24) is 10.2 Å².